The van der Waals surface area contributed by atoms with E-state index in [-0.39, 0.29) is 5.69 Å². The van der Waals surface area contributed by atoms with Gasteiger partial charge in [0.05, 0.1) is 11.1 Å². The molecule has 0 bridgehead atoms. The number of ketones is 1. The lowest BCUT2D eigenvalue weighted by atomic mass is 10.0. The monoisotopic (exact) mass is 266 g/mol. The summed E-state index contributed by atoms with van der Waals surface area (Å²) in [5.74, 6) is -0.788. The Hall–Kier alpha value is -2.24. The Labute approximate surface area is 107 Å². The molecular formula is C13H9F3N2O. The SMILES string of the molecule is Cc1cccc(C(=O)c2cnccc2C(F)(F)F)n1. The third-order valence-corrected chi connectivity index (χ3v) is 2.49. The minimum absolute atomic E-state index is 0.0292. The molecule has 0 unspecified atom stereocenters. The molecule has 0 saturated heterocycles. The summed E-state index contributed by atoms with van der Waals surface area (Å²) >= 11 is 0. The van der Waals surface area contributed by atoms with E-state index in [9.17, 15) is 18.0 Å². The number of pyridine rings is 2. The topological polar surface area (TPSA) is 42.9 Å². The van der Waals surface area contributed by atoms with Gasteiger partial charge in [-0.2, -0.15) is 13.2 Å². The van der Waals surface area contributed by atoms with Crippen molar-refractivity contribution >= 4 is 5.78 Å². The van der Waals surface area contributed by atoms with Crippen LogP contribution in [0.1, 0.15) is 27.3 Å². The highest BCUT2D eigenvalue weighted by Gasteiger charge is 2.35. The van der Waals surface area contributed by atoms with Gasteiger partial charge in [-0.15, -0.1) is 0 Å². The summed E-state index contributed by atoms with van der Waals surface area (Å²) in [5, 5.41) is 0. The molecule has 0 saturated carbocycles. The van der Waals surface area contributed by atoms with Gasteiger partial charge < -0.3 is 0 Å². The molecular weight excluding hydrogens is 257 g/mol. The Balaban J connectivity index is 2.51. The first-order chi connectivity index (χ1) is 8.89. The summed E-state index contributed by atoms with van der Waals surface area (Å²) in [6, 6.07) is 5.38. The highest BCUT2D eigenvalue weighted by molar-refractivity contribution is 6.08. The molecule has 0 aromatic carbocycles. The van der Waals surface area contributed by atoms with Crippen LogP contribution in [0.4, 0.5) is 13.2 Å². The van der Waals surface area contributed by atoms with Gasteiger partial charge in [0.1, 0.15) is 5.69 Å². The molecule has 2 aromatic rings. The number of nitrogens with zero attached hydrogens (tertiary/aromatic N) is 2. The Morgan fingerprint density at radius 2 is 1.95 bits per heavy atom. The number of halogens is 3. The van der Waals surface area contributed by atoms with Crippen LogP contribution in [0.25, 0.3) is 0 Å². The minimum Gasteiger partial charge on any atom is -0.287 e. The minimum atomic E-state index is -4.60. The van der Waals surface area contributed by atoms with Crippen molar-refractivity contribution in [2.45, 2.75) is 13.1 Å². The number of carbonyl (C=O) groups is 1. The van der Waals surface area contributed by atoms with Gasteiger partial charge in [-0.1, -0.05) is 6.07 Å². The number of rotatable bonds is 2. The van der Waals surface area contributed by atoms with Crippen LogP contribution in [0.3, 0.4) is 0 Å². The van der Waals surface area contributed by atoms with E-state index < -0.39 is 23.1 Å². The fraction of sp³-hybridized carbons (Fsp3) is 0.154. The number of aryl methyl sites for hydroxylation is 1. The molecule has 2 rings (SSSR count). The van der Waals surface area contributed by atoms with E-state index in [1.807, 2.05) is 0 Å². The number of hydrogen-bond acceptors (Lipinski definition) is 3. The highest BCUT2D eigenvalue weighted by Crippen LogP contribution is 2.32. The Morgan fingerprint density at radius 3 is 2.58 bits per heavy atom. The normalized spacial score (nSPS) is 11.4. The molecule has 2 aromatic heterocycles. The van der Waals surface area contributed by atoms with E-state index in [0.717, 1.165) is 18.5 Å². The van der Waals surface area contributed by atoms with E-state index in [1.54, 1.807) is 19.1 Å². The molecule has 19 heavy (non-hydrogen) atoms. The summed E-state index contributed by atoms with van der Waals surface area (Å²) in [4.78, 5) is 19.6. The van der Waals surface area contributed by atoms with Crippen LogP contribution in [0, 0.1) is 6.92 Å². The predicted molar refractivity (Wildman–Crippen MR) is 61.6 cm³/mol. The van der Waals surface area contributed by atoms with Crippen molar-refractivity contribution in [2.75, 3.05) is 0 Å². The van der Waals surface area contributed by atoms with E-state index in [1.165, 1.54) is 6.07 Å². The zero-order valence-corrected chi connectivity index (χ0v) is 9.90. The summed E-state index contributed by atoms with van der Waals surface area (Å²) in [6.45, 7) is 1.66. The molecule has 0 radical (unpaired) electrons. The van der Waals surface area contributed by atoms with Crippen molar-refractivity contribution in [3.05, 3.63) is 59.2 Å². The maximum atomic E-state index is 12.8. The third kappa shape index (κ3) is 2.78. The van der Waals surface area contributed by atoms with Gasteiger partial charge in [-0.25, -0.2) is 4.98 Å². The Bertz CT molecular complexity index is 623. The molecule has 2 heterocycles. The van der Waals surface area contributed by atoms with Gasteiger partial charge in [-0.05, 0) is 25.1 Å². The first-order valence-electron chi connectivity index (χ1n) is 5.39. The molecule has 0 aliphatic heterocycles. The van der Waals surface area contributed by atoms with Gasteiger partial charge in [0, 0.05) is 18.1 Å². The van der Waals surface area contributed by atoms with E-state index in [2.05, 4.69) is 9.97 Å². The van der Waals surface area contributed by atoms with Crippen molar-refractivity contribution in [3.63, 3.8) is 0 Å². The summed E-state index contributed by atoms with van der Waals surface area (Å²) in [5.41, 5.74) is -0.967. The zero-order valence-electron chi connectivity index (χ0n) is 9.90. The van der Waals surface area contributed by atoms with Crippen molar-refractivity contribution in [1.82, 2.24) is 9.97 Å². The fourth-order valence-electron chi connectivity index (χ4n) is 1.63. The number of carbonyl (C=O) groups excluding carboxylic acids is 1. The second-order valence-electron chi connectivity index (χ2n) is 3.91. The van der Waals surface area contributed by atoms with Crippen LogP contribution >= 0.6 is 0 Å². The first-order valence-corrected chi connectivity index (χ1v) is 5.39. The lowest BCUT2D eigenvalue weighted by Gasteiger charge is -2.10. The van der Waals surface area contributed by atoms with Crippen molar-refractivity contribution < 1.29 is 18.0 Å². The Kier molecular flexibility index (Phi) is 3.33. The Morgan fingerprint density at radius 1 is 1.21 bits per heavy atom. The molecule has 0 N–H and O–H groups in total. The quantitative estimate of drug-likeness (QED) is 0.785. The van der Waals surface area contributed by atoms with Crippen molar-refractivity contribution in [3.8, 4) is 0 Å². The van der Waals surface area contributed by atoms with Crippen molar-refractivity contribution in [1.29, 1.82) is 0 Å². The average Bonchev–Trinajstić information content (AvgIpc) is 2.37. The van der Waals surface area contributed by atoms with Crippen LogP contribution < -0.4 is 0 Å². The van der Waals surface area contributed by atoms with E-state index >= 15 is 0 Å². The van der Waals surface area contributed by atoms with Crippen LogP contribution in [-0.2, 0) is 6.18 Å². The number of hydrogen-bond donors (Lipinski definition) is 0. The van der Waals surface area contributed by atoms with Gasteiger partial charge >= 0.3 is 6.18 Å². The summed E-state index contributed by atoms with van der Waals surface area (Å²) < 4.78 is 38.4. The van der Waals surface area contributed by atoms with E-state index in [0.29, 0.717) is 5.69 Å². The first kappa shape index (κ1) is 13.2. The van der Waals surface area contributed by atoms with Gasteiger partial charge in [-0.3, -0.25) is 9.78 Å². The summed E-state index contributed by atoms with van der Waals surface area (Å²) in [6.07, 6.45) is -2.68. The number of alkyl halides is 3. The molecule has 0 amide bonds. The number of aromatic nitrogens is 2. The molecule has 0 aliphatic carbocycles. The van der Waals surface area contributed by atoms with Crippen LogP contribution in [-0.4, -0.2) is 15.8 Å². The zero-order chi connectivity index (χ0) is 14.0. The van der Waals surface area contributed by atoms with Crippen LogP contribution in [0.5, 0.6) is 0 Å². The van der Waals surface area contributed by atoms with Gasteiger partial charge in [0.25, 0.3) is 0 Å². The average molecular weight is 266 g/mol. The second-order valence-corrected chi connectivity index (χ2v) is 3.91. The largest absolute Gasteiger partial charge is 0.417 e. The maximum Gasteiger partial charge on any atom is 0.417 e. The standard InChI is InChI=1S/C13H9F3N2O/c1-8-3-2-4-11(18-8)12(19)9-7-17-6-5-10(9)13(14,15)16/h2-7H,1H3. The molecule has 3 nitrogen and oxygen atoms in total. The molecule has 0 atom stereocenters. The smallest absolute Gasteiger partial charge is 0.287 e. The van der Waals surface area contributed by atoms with Gasteiger partial charge in [0.2, 0.25) is 5.78 Å². The van der Waals surface area contributed by atoms with Crippen LogP contribution in [0.15, 0.2) is 36.7 Å². The molecule has 0 spiro atoms. The van der Waals surface area contributed by atoms with Gasteiger partial charge in [0.15, 0.2) is 0 Å². The summed E-state index contributed by atoms with van der Waals surface area (Å²) in [7, 11) is 0. The lowest BCUT2D eigenvalue weighted by Crippen LogP contribution is -2.15. The van der Waals surface area contributed by atoms with Crippen LogP contribution in [0.2, 0.25) is 0 Å². The fourth-order valence-corrected chi connectivity index (χ4v) is 1.63. The second kappa shape index (κ2) is 4.79. The molecule has 0 aliphatic rings. The molecule has 98 valence electrons. The lowest BCUT2D eigenvalue weighted by molar-refractivity contribution is -0.137. The van der Waals surface area contributed by atoms with E-state index in [4.69, 9.17) is 0 Å². The molecule has 6 heteroatoms. The molecule has 0 fully saturated rings. The predicted octanol–water partition coefficient (Wildman–Crippen LogP) is 3.03. The third-order valence-electron chi connectivity index (χ3n) is 2.49. The van der Waals surface area contributed by atoms with Crippen molar-refractivity contribution in [2.24, 2.45) is 0 Å². The maximum absolute atomic E-state index is 12.8. The highest BCUT2D eigenvalue weighted by atomic mass is 19.4.